The number of nitrogen functional groups attached to an aromatic ring is 1. The number of hydrazine groups is 1. The minimum absolute atomic E-state index is 0.450. The average Bonchev–Trinajstić information content (AvgIpc) is 2.18. The van der Waals surface area contributed by atoms with E-state index >= 15 is 0 Å². The molecule has 4 N–H and O–H groups in total. The molecule has 0 atom stereocenters. The molecule has 0 aliphatic rings. The molecule has 0 unspecified atom stereocenters. The Kier molecular flexibility index (Phi) is 4.34. The van der Waals surface area contributed by atoms with Crippen molar-refractivity contribution in [1.29, 1.82) is 0 Å². The molecular weight excluding hydrogens is 218 g/mol. The lowest BCUT2D eigenvalue weighted by atomic mass is 10.2. The summed E-state index contributed by atoms with van der Waals surface area (Å²) in [6, 6.07) is 7.45. The number of para-hydroxylation sites is 1. The molecule has 0 saturated heterocycles. The van der Waals surface area contributed by atoms with Gasteiger partial charge in [-0.05, 0) is 32.4 Å². The largest absolute Gasteiger partial charge is 0.443 e. The third kappa shape index (κ3) is 5.21. The highest BCUT2D eigenvalue weighted by atomic mass is 16.6. The van der Waals surface area contributed by atoms with E-state index in [2.05, 4.69) is 10.9 Å². The maximum atomic E-state index is 11.3. The molecule has 0 radical (unpaired) electrons. The van der Waals surface area contributed by atoms with E-state index in [0.717, 1.165) is 5.56 Å². The maximum absolute atomic E-state index is 11.3. The fourth-order valence-corrected chi connectivity index (χ4v) is 1.21. The molecule has 0 fully saturated rings. The number of hydrogen-bond donors (Lipinski definition) is 3. The first kappa shape index (κ1) is 13.3. The Labute approximate surface area is 101 Å². The number of anilines is 1. The zero-order chi connectivity index (χ0) is 12.9. The number of rotatable bonds is 3. The van der Waals surface area contributed by atoms with Crippen LogP contribution in [-0.2, 0) is 11.3 Å². The van der Waals surface area contributed by atoms with Crippen molar-refractivity contribution >= 4 is 11.8 Å². The van der Waals surface area contributed by atoms with E-state index < -0.39 is 11.7 Å². The van der Waals surface area contributed by atoms with Crippen LogP contribution in [0.1, 0.15) is 26.3 Å². The van der Waals surface area contributed by atoms with Crippen LogP contribution in [0.4, 0.5) is 10.5 Å². The number of hydrogen-bond acceptors (Lipinski definition) is 4. The van der Waals surface area contributed by atoms with Crippen LogP contribution in [0.5, 0.6) is 0 Å². The minimum atomic E-state index is -0.507. The van der Waals surface area contributed by atoms with Crippen LogP contribution < -0.4 is 16.6 Å². The zero-order valence-corrected chi connectivity index (χ0v) is 10.4. The number of benzene rings is 1. The molecule has 0 spiro atoms. The van der Waals surface area contributed by atoms with E-state index in [0.29, 0.717) is 12.2 Å². The van der Waals surface area contributed by atoms with Gasteiger partial charge in [-0.25, -0.2) is 10.2 Å². The summed E-state index contributed by atoms with van der Waals surface area (Å²) < 4.78 is 5.06. The predicted octanol–water partition coefficient (Wildman–Crippen LogP) is 1.80. The third-order valence-corrected chi connectivity index (χ3v) is 1.92. The van der Waals surface area contributed by atoms with Crippen LogP contribution in [0.25, 0.3) is 0 Å². The molecule has 1 aromatic rings. The predicted molar refractivity (Wildman–Crippen MR) is 67.1 cm³/mol. The van der Waals surface area contributed by atoms with Crippen molar-refractivity contribution in [2.45, 2.75) is 32.9 Å². The van der Waals surface area contributed by atoms with Crippen molar-refractivity contribution in [3.8, 4) is 0 Å². The molecule has 94 valence electrons. The van der Waals surface area contributed by atoms with Gasteiger partial charge < -0.3 is 10.5 Å². The molecular formula is C12H19N3O2. The minimum Gasteiger partial charge on any atom is -0.443 e. The highest BCUT2D eigenvalue weighted by molar-refractivity contribution is 5.67. The van der Waals surface area contributed by atoms with E-state index in [1.807, 2.05) is 45.0 Å². The Morgan fingerprint density at radius 2 is 2.00 bits per heavy atom. The van der Waals surface area contributed by atoms with Crippen molar-refractivity contribution in [3.05, 3.63) is 29.8 Å². The normalized spacial score (nSPS) is 11.0. The highest BCUT2D eigenvalue weighted by Crippen LogP contribution is 2.09. The van der Waals surface area contributed by atoms with Gasteiger partial charge in [0.1, 0.15) is 5.60 Å². The number of amides is 1. The lowest BCUT2D eigenvalue weighted by Crippen LogP contribution is -2.40. The smallest absolute Gasteiger partial charge is 0.422 e. The first-order chi connectivity index (χ1) is 7.88. The molecule has 0 saturated carbocycles. The van der Waals surface area contributed by atoms with Gasteiger partial charge in [0.15, 0.2) is 0 Å². The number of carbonyl (C=O) groups excluding carboxylic acids is 1. The van der Waals surface area contributed by atoms with Crippen LogP contribution >= 0.6 is 0 Å². The quantitative estimate of drug-likeness (QED) is 0.553. The van der Waals surface area contributed by atoms with Gasteiger partial charge in [-0.15, -0.1) is 0 Å². The summed E-state index contributed by atoms with van der Waals surface area (Å²) in [5, 5.41) is 0. The molecule has 5 nitrogen and oxygen atoms in total. The van der Waals surface area contributed by atoms with Crippen LogP contribution in [0.15, 0.2) is 24.3 Å². The molecule has 0 heterocycles. The van der Waals surface area contributed by atoms with Crippen LogP contribution in [0.3, 0.4) is 0 Å². The van der Waals surface area contributed by atoms with Gasteiger partial charge in [-0.1, -0.05) is 18.2 Å². The Morgan fingerprint density at radius 1 is 1.35 bits per heavy atom. The van der Waals surface area contributed by atoms with Crippen molar-refractivity contribution in [1.82, 2.24) is 10.9 Å². The molecule has 0 aromatic heterocycles. The van der Waals surface area contributed by atoms with Crippen molar-refractivity contribution in [3.63, 3.8) is 0 Å². The van der Waals surface area contributed by atoms with E-state index in [1.165, 1.54) is 0 Å². The van der Waals surface area contributed by atoms with Crippen molar-refractivity contribution < 1.29 is 9.53 Å². The first-order valence-electron chi connectivity index (χ1n) is 5.44. The zero-order valence-electron chi connectivity index (χ0n) is 10.4. The summed E-state index contributed by atoms with van der Waals surface area (Å²) >= 11 is 0. The molecule has 17 heavy (non-hydrogen) atoms. The third-order valence-electron chi connectivity index (χ3n) is 1.92. The van der Waals surface area contributed by atoms with Gasteiger partial charge >= 0.3 is 6.09 Å². The first-order valence-corrected chi connectivity index (χ1v) is 5.44. The molecule has 0 aliphatic carbocycles. The number of nitrogens with one attached hydrogen (secondary N) is 2. The Bertz CT molecular complexity index is 386. The standard InChI is InChI=1S/C12H19N3O2/c1-12(2,3)17-11(16)15-14-8-9-6-4-5-7-10(9)13/h4-7,14H,8,13H2,1-3H3,(H,15,16). The number of nitrogens with two attached hydrogens (primary N) is 1. The fraction of sp³-hybridized carbons (Fsp3) is 0.417. The number of carbonyl (C=O) groups is 1. The highest BCUT2D eigenvalue weighted by Gasteiger charge is 2.15. The molecule has 1 aromatic carbocycles. The van der Waals surface area contributed by atoms with Gasteiger partial charge in [0.05, 0.1) is 0 Å². The second kappa shape index (κ2) is 5.54. The van der Waals surface area contributed by atoms with Crippen LogP contribution in [-0.4, -0.2) is 11.7 Å². The summed E-state index contributed by atoms with van der Waals surface area (Å²) in [5.41, 5.74) is 12.1. The molecule has 0 bridgehead atoms. The average molecular weight is 237 g/mol. The fourth-order valence-electron chi connectivity index (χ4n) is 1.21. The SMILES string of the molecule is CC(C)(C)OC(=O)NNCc1ccccc1N. The summed E-state index contributed by atoms with van der Waals surface area (Å²) in [6.45, 7) is 5.87. The number of ether oxygens (including phenoxy) is 1. The van der Waals surface area contributed by atoms with Crippen LogP contribution in [0.2, 0.25) is 0 Å². The summed E-state index contributed by atoms with van der Waals surface area (Å²) in [5.74, 6) is 0. The van der Waals surface area contributed by atoms with Gasteiger partial charge in [0.2, 0.25) is 0 Å². The lowest BCUT2D eigenvalue weighted by molar-refractivity contribution is 0.0497. The Morgan fingerprint density at radius 3 is 2.59 bits per heavy atom. The second-order valence-corrected chi connectivity index (χ2v) is 4.68. The monoisotopic (exact) mass is 237 g/mol. The van der Waals surface area contributed by atoms with E-state index in [1.54, 1.807) is 0 Å². The summed E-state index contributed by atoms with van der Waals surface area (Å²) in [6.07, 6.45) is -0.507. The Balaban J connectivity index is 2.34. The molecule has 0 aliphatic heterocycles. The van der Waals surface area contributed by atoms with Gasteiger partial charge in [-0.2, -0.15) is 0 Å². The topological polar surface area (TPSA) is 76.4 Å². The summed E-state index contributed by atoms with van der Waals surface area (Å²) in [7, 11) is 0. The van der Waals surface area contributed by atoms with Gasteiger partial charge in [-0.3, -0.25) is 5.43 Å². The van der Waals surface area contributed by atoms with E-state index in [4.69, 9.17) is 10.5 Å². The maximum Gasteiger partial charge on any atom is 0.422 e. The molecule has 5 heteroatoms. The van der Waals surface area contributed by atoms with E-state index in [9.17, 15) is 4.79 Å². The Hall–Kier alpha value is -1.75. The summed E-state index contributed by atoms with van der Waals surface area (Å²) in [4.78, 5) is 11.3. The second-order valence-electron chi connectivity index (χ2n) is 4.68. The molecule has 1 amide bonds. The molecule has 1 rings (SSSR count). The van der Waals surface area contributed by atoms with E-state index in [-0.39, 0.29) is 0 Å². The van der Waals surface area contributed by atoms with Crippen molar-refractivity contribution in [2.24, 2.45) is 0 Å². The van der Waals surface area contributed by atoms with Gasteiger partial charge in [0, 0.05) is 12.2 Å². The lowest BCUT2D eigenvalue weighted by Gasteiger charge is -2.19. The van der Waals surface area contributed by atoms with Crippen LogP contribution in [0, 0.1) is 0 Å². The van der Waals surface area contributed by atoms with Crippen molar-refractivity contribution in [2.75, 3.05) is 5.73 Å². The van der Waals surface area contributed by atoms with Gasteiger partial charge in [0.25, 0.3) is 0 Å².